The second-order valence-electron chi connectivity index (χ2n) is 7.18. The van der Waals surface area contributed by atoms with Gasteiger partial charge in [-0.05, 0) is 41.5 Å². The summed E-state index contributed by atoms with van der Waals surface area (Å²) in [5.41, 5.74) is -4.02. The first-order valence-electron chi connectivity index (χ1n) is 7.81. The molecule has 0 aromatic rings. The molecule has 0 bridgehead atoms. The summed E-state index contributed by atoms with van der Waals surface area (Å²) in [7, 11) is 1.20. The zero-order valence-corrected chi connectivity index (χ0v) is 16.2. The summed E-state index contributed by atoms with van der Waals surface area (Å²) in [5, 5.41) is 7.39. The van der Waals surface area contributed by atoms with Gasteiger partial charge in [-0.15, -0.1) is 6.42 Å². The average molecular weight is 369 g/mol. The number of rotatable bonds is 7. The number of esters is 1. The van der Waals surface area contributed by atoms with Gasteiger partial charge < -0.3 is 25.4 Å². The smallest absolute Gasteiger partial charge is 0.408 e. The Kier molecular flexibility index (Phi) is 7.65. The van der Waals surface area contributed by atoms with Gasteiger partial charge in [-0.25, -0.2) is 9.59 Å². The van der Waals surface area contributed by atoms with Gasteiger partial charge in [-0.3, -0.25) is 9.59 Å². The van der Waals surface area contributed by atoms with Crippen LogP contribution in [-0.2, 0) is 23.9 Å². The summed E-state index contributed by atoms with van der Waals surface area (Å²) in [5.74, 6) is 0.257. The third-order valence-electron chi connectivity index (χ3n) is 3.38. The average Bonchev–Trinajstić information content (AvgIpc) is 2.50. The van der Waals surface area contributed by atoms with Gasteiger partial charge in [-0.1, -0.05) is 5.92 Å². The van der Waals surface area contributed by atoms with Gasteiger partial charge in [-0.2, -0.15) is 0 Å². The minimum Gasteiger partial charge on any atom is -0.467 e. The number of terminal acetylenes is 1. The van der Waals surface area contributed by atoms with Gasteiger partial charge in [0.25, 0.3) is 0 Å². The van der Waals surface area contributed by atoms with Gasteiger partial charge >= 0.3 is 12.1 Å². The van der Waals surface area contributed by atoms with Crippen LogP contribution in [0.5, 0.6) is 0 Å². The van der Waals surface area contributed by atoms with Crippen LogP contribution in [0, 0.1) is 12.3 Å². The third kappa shape index (κ3) is 6.63. The minimum absolute atomic E-state index is 0.236. The van der Waals surface area contributed by atoms with Crippen molar-refractivity contribution in [2.45, 2.75) is 58.2 Å². The Labute approximate surface area is 153 Å². The Balaban J connectivity index is 5.04. The van der Waals surface area contributed by atoms with Crippen molar-refractivity contribution in [2.24, 2.45) is 0 Å². The lowest BCUT2D eigenvalue weighted by atomic mass is 9.97. The van der Waals surface area contributed by atoms with E-state index in [9.17, 15) is 19.2 Å². The molecule has 0 atom stereocenters. The first-order chi connectivity index (χ1) is 11.7. The van der Waals surface area contributed by atoms with Crippen molar-refractivity contribution in [1.29, 1.82) is 0 Å². The number of hydrogen-bond donors (Lipinski definition) is 3. The third-order valence-corrected chi connectivity index (χ3v) is 3.38. The molecule has 0 aliphatic carbocycles. The van der Waals surface area contributed by atoms with Gasteiger partial charge in [0.15, 0.2) is 6.61 Å². The van der Waals surface area contributed by atoms with Crippen molar-refractivity contribution in [3.05, 3.63) is 0 Å². The number of hydrogen-bond acceptors (Lipinski definition) is 6. The van der Waals surface area contributed by atoms with E-state index in [1.807, 2.05) is 0 Å². The number of amides is 3. The van der Waals surface area contributed by atoms with E-state index in [2.05, 4.69) is 31.3 Å². The van der Waals surface area contributed by atoms with Crippen LogP contribution in [0.1, 0.15) is 41.5 Å². The molecule has 0 aliphatic heterocycles. The Bertz CT molecular complexity index is 616. The number of carbonyl (C=O) groups excluding carboxylic acids is 4. The number of carbonyl (C=O) groups is 4. The maximum atomic E-state index is 12.5. The van der Waals surface area contributed by atoms with Crippen molar-refractivity contribution < 1.29 is 28.7 Å². The molecule has 0 fully saturated rings. The lowest BCUT2D eigenvalue weighted by Crippen LogP contribution is -2.65. The minimum atomic E-state index is -1.37. The van der Waals surface area contributed by atoms with E-state index in [0.717, 1.165) is 0 Å². The molecule has 0 rings (SSSR count). The van der Waals surface area contributed by atoms with E-state index in [-0.39, 0.29) is 6.61 Å². The fourth-order valence-electron chi connectivity index (χ4n) is 1.70. The van der Waals surface area contributed by atoms with Crippen LogP contribution in [-0.4, -0.2) is 54.2 Å². The van der Waals surface area contributed by atoms with E-state index in [0.29, 0.717) is 0 Å². The van der Waals surface area contributed by atoms with Crippen LogP contribution in [0.2, 0.25) is 0 Å². The quantitative estimate of drug-likeness (QED) is 0.432. The number of methoxy groups -OCH3 is 1. The van der Waals surface area contributed by atoms with Crippen LogP contribution < -0.4 is 16.0 Å². The molecule has 0 heterocycles. The lowest BCUT2D eigenvalue weighted by Gasteiger charge is -2.33. The molecule has 0 saturated carbocycles. The maximum absolute atomic E-state index is 12.5. The van der Waals surface area contributed by atoms with E-state index in [1.165, 1.54) is 48.7 Å². The van der Waals surface area contributed by atoms with Crippen molar-refractivity contribution >= 4 is 23.9 Å². The summed E-state index contributed by atoms with van der Waals surface area (Å²) in [6.45, 7) is 8.50. The molecule has 0 radical (unpaired) electrons. The van der Waals surface area contributed by atoms with E-state index in [4.69, 9.17) is 6.42 Å². The molecule has 3 N–H and O–H groups in total. The fourth-order valence-corrected chi connectivity index (χ4v) is 1.70. The number of alkyl carbamates (subject to hydrolysis) is 1. The van der Waals surface area contributed by atoms with Crippen molar-refractivity contribution in [3.63, 3.8) is 0 Å². The zero-order chi connectivity index (χ0) is 20.8. The highest BCUT2D eigenvalue weighted by molar-refractivity contribution is 5.97. The summed E-state index contributed by atoms with van der Waals surface area (Å²) in [6.07, 6.45) is 4.12. The van der Waals surface area contributed by atoms with Crippen LogP contribution >= 0.6 is 0 Å². The molecule has 0 aliphatic rings. The second-order valence-corrected chi connectivity index (χ2v) is 7.18. The normalized spacial score (nSPS) is 11.6. The van der Waals surface area contributed by atoms with Gasteiger partial charge in [0.2, 0.25) is 11.8 Å². The largest absolute Gasteiger partial charge is 0.467 e. The van der Waals surface area contributed by atoms with Gasteiger partial charge in [0.05, 0.1) is 7.11 Å². The topological polar surface area (TPSA) is 123 Å². The highest BCUT2D eigenvalue weighted by atomic mass is 16.5. The molecule has 26 heavy (non-hydrogen) atoms. The molecule has 0 unspecified atom stereocenters. The molecular formula is C17H27N3O6. The van der Waals surface area contributed by atoms with E-state index < -0.39 is 40.5 Å². The highest BCUT2D eigenvalue weighted by Gasteiger charge is 2.40. The molecule has 3 amide bonds. The Morgan fingerprint density at radius 2 is 1.27 bits per heavy atom. The SMILES string of the molecule is C#CCOC(=O)NC(C)(C)C(=O)NC(C)(C)C(=O)NC(C)(C)C(=O)OC. The van der Waals surface area contributed by atoms with Crippen LogP contribution in [0.15, 0.2) is 0 Å². The van der Waals surface area contributed by atoms with Gasteiger partial charge in [0.1, 0.15) is 16.6 Å². The first-order valence-corrected chi connectivity index (χ1v) is 7.81. The van der Waals surface area contributed by atoms with Gasteiger partial charge in [0, 0.05) is 0 Å². The van der Waals surface area contributed by atoms with E-state index >= 15 is 0 Å². The summed E-state index contributed by atoms with van der Waals surface area (Å²) in [6, 6.07) is 0. The summed E-state index contributed by atoms with van der Waals surface area (Å²) < 4.78 is 9.29. The molecule has 0 spiro atoms. The monoisotopic (exact) mass is 369 g/mol. The highest BCUT2D eigenvalue weighted by Crippen LogP contribution is 2.12. The molecule has 9 heteroatoms. The van der Waals surface area contributed by atoms with Crippen molar-refractivity contribution in [2.75, 3.05) is 13.7 Å². The second kappa shape index (κ2) is 8.56. The zero-order valence-electron chi connectivity index (χ0n) is 16.2. The van der Waals surface area contributed by atoms with Crippen molar-refractivity contribution in [1.82, 2.24) is 16.0 Å². The molecule has 146 valence electrons. The summed E-state index contributed by atoms with van der Waals surface area (Å²) >= 11 is 0. The van der Waals surface area contributed by atoms with Crippen LogP contribution in [0.25, 0.3) is 0 Å². The van der Waals surface area contributed by atoms with Crippen LogP contribution in [0.3, 0.4) is 0 Å². The fraction of sp³-hybridized carbons (Fsp3) is 0.647. The first kappa shape index (κ1) is 23.2. The number of ether oxygens (including phenoxy) is 2. The van der Waals surface area contributed by atoms with E-state index in [1.54, 1.807) is 0 Å². The standard InChI is InChI=1S/C17H27N3O6/c1-9-10-26-14(24)20-16(4,5)12(22)18-15(2,3)11(21)19-17(6,7)13(23)25-8/h1H,10H2,2-8H3,(H,18,22)(H,19,21)(H,20,24). The van der Waals surface area contributed by atoms with Crippen molar-refractivity contribution in [3.8, 4) is 12.3 Å². The van der Waals surface area contributed by atoms with Crippen LogP contribution in [0.4, 0.5) is 4.79 Å². The Morgan fingerprint density at radius 1 is 0.846 bits per heavy atom. The Morgan fingerprint density at radius 3 is 1.69 bits per heavy atom. The molecule has 9 nitrogen and oxygen atoms in total. The molecule has 0 aromatic carbocycles. The molecular weight excluding hydrogens is 342 g/mol. The predicted molar refractivity (Wildman–Crippen MR) is 93.9 cm³/mol. The number of nitrogens with one attached hydrogen (secondary N) is 3. The molecule has 0 aromatic heterocycles. The predicted octanol–water partition coefficient (Wildman–Crippen LogP) is 0.0870. The maximum Gasteiger partial charge on any atom is 0.408 e. The molecule has 0 saturated heterocycles. The Hall–Kier alpha value is -2.76. The summed E-state index contributed by atoms with van der Waals surface area (Å²) in [4.78, 5) is 48.2. The lowest BCUT2D eigenvalue weighted by molar-refractivity contribution is -0.150.